The van der Waals surface area contributed by atoms with Crippen LogP contribution in [-0.2, 0) is 11.2 Å². The molecule has 0 atom stereocenters. The number of nitrogens with one attached hydrogen (secondary N) is 1. The van der Waals surface area contributed by atoms with E-state index in [2.05, 4.69) is 15.0 Å². The minimum absolute atomic E-state index is 0.0244. The first-order valence-electron chi connectivity index (χ1n) is 10.7. The lowest BCUT2D eigenvalue weighted by atomic mass is 10.0. The fraction of sp³-hybridized carbons (Fsp3) is 0.154. The van der Waals surface area contributed by atoms with E-state index < -0.39 is 12.4 Å². The highest BCUT2D eigenvalue weighted by Gasteiger charge is 2.15. The highest BCUT2D eigenvalue weighted by molar-refractivity contribution is 5.92. The van der Waals surface area contributed by atoms with Crippen molar-refractivity contribution in [1.82, 2.24) is 4.98 Å². The highest BCUT2D eigenvalue weighted by Crippen LogP contribution is 2.34. The van der Waals surface area contributed by atoms with Crippen LogP contribution in [0, 0.1) is 5.82 Å². The molecule has 0 radical (unpaired) electrons. The summed E-state index contributed by atoms with van der Waals surface area (Å²) >= 11 is 0. The van der Waals surface area contributed by atoms with Gasteiger partial charge in [-0.05, 0) is 48.0 Å². The van der Waals surface area contributed by atoms with Gasteiger partial charge in [-0.1, -0.05) is 24.3 Å². The second kappa shape index (κ2) is 10.8. The average Bonchev–Trinajstić information content (AvgIpc) is 3.32. The number of aryl methyl sites for hydroxylation is 1. The van der Waals surface area contributed by atoms with Gasteiger partial charge in [0.05, 0.1) is 18.9 Å². The lowest BCUT2D eigenvalue weighted by Crippen LogP contribution is -2.12. The zero-order chi connectivity index (χ0) is 24.8. The number of aromatic nitrogens is 1. The van der Waals surface area contributed by atoms with Crippen molar-refractivity contribution in [3.05, 3.63) is 84.6 Å². The van der Waals surface area contributed by atoms with Gasteiger partial charge in [-0.3, -0.25) is 4.79 Å². The van der Waals surface area contributed by atoms with Crippen molar-refractivity contribution < 1.29 is 31.9 Å². The lowest BCUT2D eigenvalue weighted by molar-refractivity contribution is -0.116. The summed E-state index contributed by atoms with van der Waals surface area (Å²) in [6.45, 7) is -3.00. The number of hydrogen-bond donors (Lipinski definition) is 1. The number of rotatable bonds is 9. The normalized spacial score (nSPS) is 10.9. The maximum Gasteiger partial charge on any atom is 0.387 e. The van der Waals surface area contributed by atoms with Gasteiger partial charge in [-0.15, -0.1) is 0 Å². The summed E-state index contributed by atoms with van der Waals surface area (Å²) in [5.41, 5.74) is 1.68. The summed E-state index contributed by atoms with van der Waals surface area (Å²) in [7, 11) is 1.52. The molecule has 0 aliphatic heterocycles. The molecule has 4 rings (SSSR count). The van der Waals surface area contributed by atoms with Crippen molar-refractivity contribution >= 4 is 11.6 Å². The summed E-state index contributed by atoms with van der Waals surface area (Å²) in [6, 6.07) is 17.4. The number of benzene rings is 3. The largest absolute Gasteiger partial charge is 0.497 e. The predicted octanol–water partition coefficient (Wildman–Crippen LogP) is 6.33. The Bertz CT molecular complexity index is 1310. The maximum absolute atomic E-state index is 13.9. The molecule has 3 aromatic carbocycles. The number of carbonyl (C=O) groups excluding carboxylic acids is 1. The number of ether oxygens (including phenoxy) is 2. The van der Waals surface area contributed by atoms with Crippen molar-refractivity contribution in [2.75, 3.05) is 12.4 Å². The van der Waals surface area contributed by atoms with E-state index in [9.17, 15) is 18.0 Å². The molecule has 1 aromatic heterocycles. The standard InChI is InChI=1S/C26H21F3N2O4/c1-33-18-9-6-16(7-10-18)20-14-17(8-11-22(20)35-26(28)29)31-24(32)12-13-25-30-15-23(34-25)19-4-2-3-5-21(19)27/h2-11,14-15,26H,12-13H2,1H3,(H,31,32). The van der Waals surface area contributed by atoms with Gasteiger partial charge in [0.2, 0.25) is 5.91 Å². The number of oxazole rings is 1. The smallest absolute Gasteiger partial charge is 0.387 e. The molecule has 180 valence electrons. The lowest BCUT2D eigenvalue weighted by Gasteiger charge is -2.14. The molecule has 0 unspecified atom stereocenters. The summed E-state index contributed by atoms with van der Waals surface area (Å²) in [5, 5.41) is 2.74. The average molecular weight is 482 g/mol. The summed E-state index contributed by atoms with van der Waals surface area (Å²) in [6.07, 6.45) is 1.65. The molecule has 0 saturated carbocycles. The Labute approximate surface area is 199 Å². The number of anilines is 1. The third-order valence-electron chi connectivity index (χ3n) is 5.14. The molecule has 1 amide bonds. The number of hydrogen-bond acceptors (Lipinski definition) is 5. The Morgan fingerprint density at radius 1 is 1.06 bits per heavy atom. The Morgan fingerprint density at radius 3 is 2.54 bits per heavy atom. The summed E-state index contributed by atoms with van der Waals surface area (Å²) < 4.78 is 55.1. The second-order valence-electron chi connectivity index (χ2n) is 7.46. The van der Waals surface area contributed by atoms with Crippen LogP contribution in [0.2, 0.25) is 0 Å². The number of alkyl halides is 2. The first kappa shape index (κ1) is 23.9. The van der Waals surface area contributed by atoms with Gasteiger partial charge in [0.25, 0.3) is 0 Å². The molecular formula is C26H21F3N2O4. The second-order valence-corrected chi connectivity index (χ2v) is 7.46. The Morgan fingerprint density at radius 2 is 1.83 bits per heavy atom. The van der Waals surface area contributed by atoms with Crippen molar-refractivity contribution in [2.24, 2.45) is 0 Å². The van der Waals surface area contributed by atoms with Crippen LogP contribution in [0.5, 0.6) is 11.5 Å². The van der Waals surface area contributed by atoms with Crippen LogP contribution < -0.4 is 14.8 Å². The quantitative estimate of drug-likeness (QED) is 0.302. The number of nitrogens with zero attached hydrogens (tertiary/aromatic N) is 1. The Hall–Kier alpha value is -4.27. The van der Waals surface area contributed by atoms with Crippen LogP contribution in [0.15, 0.2) is 77.3 Å². The fourth-order valence-corrected chi connectivity index (χ4v) is 3.46. The third kappa shape index (κ3) is 6.00. The van der Waals surface area contributed by atoms with Gasteiger partial charge in [0.15, 0.2) is 11.7 Å². The van der Waals surface area contributed by atoms with E-state index in [1.54, 1.807) is 48.5 Å². The van der Waals surface area contributed by atoms with Gasteiger partial charge < -0.3 is 19.2 Å². The first-order valence-corrected chi connectivity index (χ1v) is 10.7. The van der Waals surface area contributed by atoms with Crippen LogP contribution in [0.1, 0.15) is 12.3 Å². The molecule has 9 heteroatoms. The Balaban J connectivity index is 1.45. The molecule has 6 nitrogen and oxygen atoms in total. The molecule has 35 heavy (non-hydrogen) atoms. The molecule has 1 N–H and O–H groups in total. The molecule has 0 fully saturated rings. The van der Waals surface area contributed by atoms with Crippen LogP contribution >= 0.6 is 0 Å². The van der Waals surface area contributed by atoms with Crippen LogP contribution in [0.25, 0.3) is 22.5 Å². The molecule has 0 spiro atoms. The fourth-order valence-electron chi connectivity index (χ4n) is 3.46. The summed E-state index contributed by atoms with van der Waals surface area (Å²) in [5.74, 6) is 0.386. The van der Waals surface area contributed by atoms with E-state index in [0.29, 0.717) is 22.6 Å². The monoisotopic (exact) mass is 482 g/mol. The first-order chi connectivity index (χ1) is 16.9. The van der Waals surface area contributed by atoms with Crippen molar-refractivity contribution in [3.8, 4) is 33.9 Å². The number of amides is 1. The molecule has 0 aliphatic rings. The minimum Gasteiger partial charge on any atom is -0.497 e. The molecule has 0 bridgehead atoms. The van der Waals surface area contributed by atoms with E-state index in [1.165, 1.54) is 31.5 Å². The molecular weight excluding hydrogens is 461 g/mol. The van der Waals surface area contributed by atoms with Crippen LogP contribution in [0.4, 0.5) is 18.9 Å². The van der Waals surface area contributed by atoms with Gasteiger partial charge >= 0.3 is 6.61 Å². The predicted molar refractivity (Wildman–Crippen MR) is 124 cm³/mol. The topological polar surface area (TPSA) is 73.6 Å². The minimum atomic E-state index is -3.00. The zero-order valence-corrected chi connectivity index (χ0v) is 18.6. The van der Waals surface area contributed by atoms with E-state index in [0.717, 1.165) is 0 Å². The number of methoxy groups -OCH3 is 1. The van der Waals surface area contributed by atoms with Gasteiger partial charge in [0, 0.05) is 24.1 Å². The number of halogens is 3. The van der Waals surface area contributed by atoms with Crippen molar-refractivity contribution in [2.45, 2.75) is 19.5 Å². The summed E-state index contributed by atoms with van der Waals surface area (Å²) in [4.78, 5) is 16.6. The maximum atomic E-state index is 13.9. The van der Waals surface area contributed by atoms with Gasteiger partial charge in [-0.25, -0.2) is 9.37 Å². The van der Waals surface area contributed by atoms with Crippen LogP contribution in [-0.4, -0.2) is 24.6 Å². The third-order valence-corrected chi connectivity index (χ3v) is 5.14. The van der Waals surface area contributed by atoms with E-state index >= 15 is 0 Å². The van der Waals surface area contributed by atoms with Crippen molar-refractivity contribution in [1.29, 1.82) is 0 Å². The SMILES string of the molecule is COc1ccc(-c2cc(NC(=O)CCc3ncc(-c4ccccc4F)o3)ccc2OC(F)F)cc1. The van der Waals surface area contributed by atoms with E-state index in [4.69, 9.17) is 9.15 Å². The van der Waals surface area contributed by atoms with Crippen LogP contribution in [0.3, 0.4) is 0 Å². The molecule has 1 heterocycles. The highest BCUT2D eigenvalue weighted by atomic mass is 19.3. The molecule has 0 saturated heterocycles. The Kier molecular flexibility index (Phi) is 7.35. The van der Waals surface area contributed by atoms with E-state index in [-0.39, 0.29) is 41.7 Å². The van der Waals surface area contributed by atoms with Crippen molar-refractivity contribution in [3.63, 3.8) is 0 Å². The van der Waals surface area contributed by atoms with Gasteiger partial charge in [0.1, 0.15) is 17.3 Å². The van der Waals surface area contributed by atoms with E-state index in [1.807, 2.05) is 0 Å². The zero-order valence-electron chi connectivity index (χ0n) is 18.6. The molecule has 4 aromatic rings. The number of carbonyl (C=O) groups is 1. The molecule has 0 aliphatic carbocycles. The van der Waals surface area contributed by atoms with Gasteiger partial charge in [-0.2, -0.15) is 8.78 Å².